The summed E-state index contributed by atoms with van der Waals surface area (Å²) < 4.78 is 24.1. The quantitative estimate of drug-likeness (QED) is 0.866. The first-order valence-electron chi connectivity index (χ1n) is 6.28. The molecule has 0 spiro atoms. The maximum absolute atomic E-state index is 11.6. The highest BCUT2D eigenvalue weighted by atomic mass is 79.9. The fourth-order valence-corrected chi connectivity index (χ4v) is 4.77. The number of sulfone groups is 1. The van der Waals surface area contributed by atoms with E-state index in [-0.39, 0.29) is 11.5 Å². The second-order valence-corrected chi connectivity index (χ2v) is 8.04. The van der Waals surface area contributed by atoms with Crippen molar-refractivity contribution >= 4 is 42.2 Å². The van der Waals surface area contributed by atoms with Gasteiger partial charge in [0.1, 0.15) is 0 Å². The second kappa shape index (κ2) is 5.02. The molecule has 1 saturated heterocycles. The molecular weight excluding hydrogens is 342 g/mol. The molecule has 6 heteroatoms. The predicted octanol–water partition coefficient (Wildman–Crippen LogP) is 2.17. The van der Waals surface area contributed by atoms with Crippen LogP contribution in [0.15, 0.2) is 40.9 Å². The summed E-state index contributed by atoms with van der Waals surface area (Å²) in [7, 11) is -3.15. The smallest absolute Gasteiger partial charge is 0.155 e. The first-order chi connectivity index (χ1) is 9.46. The maximum atomic E-state index is 11.6. The zero-order valence-corrected chi connectivity index (χ0v) is 13.0. The molecule has 1 aliphatic rings. The molecule has 0 bridgehead atoms. The average molecular weight is 356 g/mol. The Morgan fingerprint density at radius 3 is 2.45 bits per heavy atom. The van der Waals surface area contributed by atoms with Crippen molar-refractivity contribution in [1.82, 2.24) is 0 Å². The fourth-order valence-electron chi connectivity index (χ4n) is 2.55. The van der Waals surface area contributed by atoms with E-state index >= 15 is 0 Å². The highest BCUT2D eigenvalue weighted by molar-refractivity contribution is 9.10. The van der Waals surface area contributed by atoms with Crippen LogP contribution in [0.25, 0.3) is 10.8 Å². The first-order valence-corrected chi connectivity index (χ1v) is 8.90. The van der Waals surface area contributed by atoms with Gasteiger partial charge in [-0.15, -0.1) is 0 Å². The van der Waals surface area contributed by atoms with Crippen LogP contribution in [-0.2, 0) is 9.84 Å². The maximum Gasteiger partial charge on any atom is 0.155 e. The van der Waals surface area contributed by atoms with E-state index in [9.17, 15) is 13.5 Å². The average Bonchev–Trinajstić information content (AvgIpc) is 2.66. The summed E-state index contributed by atoms with van der Waals surface area (Å²) in [6, 6.07) is 11.2. The zero-order chi connectivity index (χ0) is 14.3. The lowest BCUT2D eigenvalue weighted by Gasteiger charge is -2.18. The Balaban J connectivity index is 1.98. The molecule has 0 aliphatic carbocycles. The van der Waals surface area contributed by atoms with Crippen LogP contribution in [0.2, 0.25) is 0 Å². The number of hydrogen-bond donors (Lipinski definition) is 2. The van der Waals surface area contributed by atoms with Crippen molar-refractivity contribution in [3.05, 3.63) is 40.9 Å². The molecule has 1 aliphatic heterocycles. The summed E-state index contributed by atoms with van der Waals surface area (Å²) >= 11 is 3.50. The first kappa shape index (κ1) is 13.9. The van der Waals surface area contributed by atoms with E-state index in [0.717, 1.165) is 20.9 Å². The summed E-state index contributed by atoms with van der Waals surface area (Å²) in [5.74, 6) is -0.197. The van der Waals surface area contributed by atoms with Gasteiger partial charge >= 0.3 is 0 Å². The van der Waals surface area contributed by atoms with Crippen LogP contribution in [0.5, 0.6) is 0 Å². The fraction of sp³-hybridized carbons (Fsp3) is 0.286. The molecule has 2 unspecified atom stereocenters. The third kappa shape index (κ3) is 2.55. The van der Waals surface area contributed by atoms with Crippen LogP contribution in [0.1, 0.15) is 0 Å². The number of hydrogen-bond acceptors (Lipinski definition) is 4. The normalized spacial score (nSPS) is 24.9. The van der Waals surface area contributed by atoms with Crippen LogP contribution < -0.4 is 5.32 Å². The summed E-state index contributed by atoms with van der Waals surface area (Å²) in [6.45, 7) is 0. The van der Waals surface area contributed by atoms with Crippen molar-refractivity contribution in [3.8, 4) is 0 Å². The largest absolute Gasteiger partial charge is 0.390 e. The van der Waals surface area contributed by atoms with E-state index in [2.05, 4.69) is 21.2 Å². The highest BCUT2D eigenvalue weighted by Gasteiger charge is 2.36. The molecule has 1 heterocycles. The number of nitrogens with one attached hydrogen (secondary N) is 1. The Hall–Kier alpha value is -1.11. The number of benzene rings is 2. The van der Waals surface area contributed by atoms with Crippen LogP contribution in [0, 0.1) is 0 Å². The topological polar surface area (TPSA) is 66.4 Å². The minimum absolute atomic E-state index is 0.0292. The molecule has 0 radical (unpaired) electrons. The number of halogens is 1. The Morgan fingerprint density at radius 2 is 1.80 bits per heavy atom. The summed E-state index contributed by atoms with van der Waals surface area (Å²) in [5, 5.41) is 15.1. The summed E-state index contributed by atoms with van der Waals surface area (Å²) in [4.78, 5) is 0. The molecule has 4 nitrogen and oxygen atoms in total. The third-order valence-corrected chi connectivity index (χ3v) is 5.94. The van der Waals surface area contributed by atoms with Gasteiger partial charge in [0.25, 0.3) is 0 Å². The predicted molar refractivity (Wildman–Crippen MR) is 83.7 cm³/mol. The van der Waals surface area contributed by atoms with Gasteiger partial charge in [-0.2, -0.15) is 0 Å². The standard InChI is InChI=1S/C14H14BrNO3S/c15-11-5-6-12(10-4-2-1-3-9(10)11)16-13-7-20(18,19)8-14(13)17/h1-6,13-14,16-17H,7-8H2. The molecule has 2 N–H and O–H groups in total. The molecule has 3 rings (SSSR count). The molecule has 2 atom stereocenters. The van der Waals surface area contributed by atoms with Gasteiger partial charge in [-0.25, -0.2) is 8.42 Å². The number of aliphatic hydroxyl groups excluding tert-OH is 1. The van der Waals surface area contributed by atoms with Crippen molar-refractivity contribution in [3.63, 3.8) is 0 Å². The summed E-state index contributed by atoms with van der Waals surface area (Å²) in [5.41, 5.74) is 0.838. The van der Waals surface area contributed by atoms with E-state index < -0.39 is 22.0 Å². The van der Waals surface area contributed by atoms with Crippen LogP contribution in [0.3, 0.4) is 0 Å². The zero-order valence-electron chi connectivity index (χ0n) is 10.6. The van der Waals surface area contributed by atoms with Gasteiger partial charge in [-0.1, -0.05) is 40.2 Å². The second-order valence-electron chi connectivity index (χ2n) is 5.04. The molecule has 2 aromatic carbocycles. The van der Waals surface area contributed by atoms with Crippen molar-refractivity contribution in [2.45, 2.75) is 12.1 Å². The van der Waals surface area contributed by atoms with Gasteiger partial charge in [0.05, 0.1) is 23.7 Å². The van der Waals surface area contributed by atoms with Crippen molar-refractivity contribution < 1.29 is 13.5 Å². The molecule has 0 aromatic heterocycles. The molecule has 0 amide bonds. The van der Waals surface area contributed by atoms with E-state index in [1.54, 1.807) is 0 Å². The van der Waals surface area contributed by atoms with E-state index in [0.29, 0.717) is 0 Å². The van der Waals surface area contributed by atoms with E-state index in [1.807, 2.05) is 36.4 Å². The Morgan fingerprint density at radius 1 is 1.10 bits per heavy atom. The molecule has 2 aromatic rings. The van der Waals surface area contributed by atoms with E-state index in [4.69, 9.17) is 0 Å². The van der Waals surface area contributed by atoms with Gasteiger partial charge in [0.15, 0.2) is 9.84 Å². The number of aliphatic hydroxyl groups is 1. The van der Waals surface area contributed by atoms with E-state index in [1.165, 1.54) is 0 Å². The Labute approximate surface area is 125 Å². The molecule has 0 saturated carbocycles. The van der Waals surface area contributed by atoms with Gasteiger partial charge in [-0.05, 0) is 17.5 Å². The van der Waals surface area contributed by atoms with Crippen molar-refractivity contribution in [2.75, 3.05) is 16.8 Å². The number of fused-ring (bicyclic) bond motifs is 1. The molecule has 1 fully saturated rings. The van der Waals surface area contributed by atoms with Crippen LogP contribution in [0.4, 0.5) is 5.69 Å². The van der Waals surface area contributed by atoms with Crippen LogP contribution >= 0.6 is 15.9 Å². The van der Waals surface area contributed by atoms with Crippen molar-refractivity contribution in [1.29, 1.82) is 0 Å². The Kier molecular flexibility index (Phi) is 3.48. The van der Waals surface area contributed by atoms with Crippen LogP contribution in [-0.4, -0.2) is 37.2 Å². The lowest BCUT2D eigenvalue weighted by atomic mass is 10.1. The van der Waals surface area contributed by atoms with Gasteiger partial charge < -0.3 is 10.4 Å². The van der Waals surface area contributed by atoms with Gasteiger partial charge in [0, 0.05) is 15.5 Å². The van der Waals surface area contributed by atoms with Crippen molar-refractivity contribution in [2.24, 2.45) is 0 Å². The van der Waals surface area contributed by atoms with Gasteiger partial charge in [0.2, 0.25) is 0 Å². The number of rotatable bonds is 2. The minimum atomic E-state index is -3.15. The minimum Gasteiger partial charge on any atom is -0.390 e. The monoisotopic (exact) mass is 355 g/mol. The molecule has 106 valence electrons. The number of anilines is 1. The molecule has 20 heavy (non-hydrogen) atoms. The third-order valence-electron chi connectivity index (χ3n) is 3.53. The molecular formula is C14H14BrNO3S. The SMILES string of the molecule is O=S1(=O)CC(O)C(Nc2ccc(Br)c3ccccc23)C1. The Bertz CT molecular complexity index is 760. The lowest BCUT2D eigenvalue weighted by Crippen LogP contribution is -2.31. The highest BCUT2D eigenvalue weighted by Crippen LogP contribution is 2.31. The van der Waals surface area contributed by atoms with Gasteiger partial charge in [-0.3, -0.25) is 0 Å². The lowest BCUT2D eigenvalue weighted by molar-refractivity contribution is 0.190. The summed E-state index contributed by atoms with van der Waals surface area (Å²) in [6.07, 6.45) is -0.859.